The van der Waals surface area contributed by atoms with Crippen molar-refractivity contribution < 1.29 is 14.3 Å². The third-order valence-electron chi connectivity index (χ3n) is 3.60. The van der Waals surface area contributed by atoms with Crippen LogP contribution in [0.3, 0.4) is 0 Å². The van der Waals surface area contributed by atoms with Crippen molar-refractivity contribution in [1.82, 2.24) is 24.9 Å². The van der Waals surface area contributed by atoms with Crippen molar-refractivity contribution in [3.05, 3.63) is 47.3 Å². The van der Waals surface area contributed by atoms with Crippen molar-refractivity contribution in [1.29, 1.82) is 0 Å². The van der Waals surface area contributed by atoms with Crippen LogP contribution in [0.5, 0.6) is 5.75 Å². The number of aryl methyl sites for hydroxylation is 2. The lowest BCUT2D eigenvalue weighted by Gasteiger charge is -2.08. The Hall–Kier alpha value is -2.94. The lowest BCUT2D eigenvalue weighted by molar-refractivity contribution is -0.117. The summed E-state index contributed by atoms with van der Waals surface area (Å²) in [6.45, 7) is 3.80. The van der Waals surface area contributed by atoms with E-state index in [4.69, 9.17) is 4.74 Å². The molecule has 0 radical (unpaired) electrons. The molecule has 2 amide bonds. The number of rotatable bonds is 5. The van der Waals surface area contributed by atoms with E-state index in [0.717, 1.165) is 11.4 Å². The van der Waals surface area contributed by atoms with Crippen LogP contribution < -0.4 is 10.1 Å². The molecule has 3 aromatic rings. The number of nitrogens with zero attached hydrogens (tertiary/aromatic N) is 4. The number of nitrogens with one attached hydrogen (secondary N) is 1. The van der Waals surface area contributed by atoms with Gasteiger partial charge < -0.3 is 4.74 Å². The van der Waals surface area contributed by atoms with Crippen molar-refractivity contribution in [2.24, 2.45) is 0 Å². The van der Waals surface area contributed by atoms with E-state index in [1.807, 2.05) is 19.9 Å². The number of carbonyl (C=O) groups excluding carboxylic acids is 2. The largest absolute Gasteiger partial charge is 0.496 e. The molecule has 0 aliphatic carbocycles. The molecule has 134 valence electrons. The van der Waals surface area contributed by atoms with Gasteiger partial charge in [-0.25, -0.2) is 4.98 Å². The van der Waals surface area contributed by atoms with Gasteiger partial charge in [0.15, 0.2) is 5.16 Å². The number of thioether (sulfide) groups is 1. The van der Waals surface area contributed by atoms with Crippen molar-refractivity contribution in [2.45, 2.75) is 19.0 Å². The molecular formula is C17H17N5O3S. The smallest absolute Gasteiger partial charge is 0.261 e. The minimum Gasteiger partial charge on any atom is -0.496 e. The van der Waals surface area contributed by atoms with Gasteiger partial charge in [0.05, 0.1) is 18.4 Å². The third kappa shape index (κ3) is 3.67. The molecule has 1 aromatic carbocycles. The first-order valence-corrected chi connectivity index (χ1v) is 8.77. The average molecular weight is 371 g/mol. The number of ether oxygens (including phenoxy) is 1. The maximum Gasteiger partial charge on any atom is 0.261 e. The van der Waals surface area contributed by atoms with Crippen LogP contribution in [-0.2, 0) is 4.79 Å². The number of amides is 2. The zero-order valence-corrected chi connectivity index (χ0v) is 15.3. The van der Waals surface area contributed by atoms with Crippen molar-refractivity contribution >= 4 is 29.4 Å². The number of para-hydroxylation sites is 1. The average Bonchev–Trinajstić information content (AvgIpc) is 3.03. The second kappa shape index (κ2) is 7.52. The topological polar surface area (TPSA) is 98.5 Å². The van der Waals surface area contributed by atoms with Crippen molar-refractivity contribution in [3.63, 3.8) is 0 Å². The zero-order valence-electron chi connectivity index (χ0n) is 14.5. The van der Waals surface area contributed by atoms with Gasteiger partial charge in [-0.1, -0.05) is 23.9 Å². The Balaban J connectivity index is 1.67. The molecule has 0 saturated heterocycles. The molecule has 0 spiro atoms. The van der Waals surface area contributed by atoms with Crippen LogP contribution in [0.15, 0.2) is 35.5 Å². The minimum atomic E-state index is -0.507. The Bertz CT molecular complexity index is 986. The first-order chi connectivity index (χ1) is 12.5. The number of hydrogen-bond donors (Lipinski definition) is 1. The van der Waals surface area contributed by atoms with Crippen LogP contribution in [0.1, 0.15) is 21.7 Å². The summed E-state index contributed by atoms with van der Waals surface area (Å²) >= 11 is 1.19. The molecule has 8 nitrogen and oxygen atoms in total. The van der Waals surface area contributed by atoms with Gasteiger partial charge in [0.1, 0.15) is 5.75 Å². The predicted octanol–water partition coefficient (Wildman–Crippen LogP) is 1.80. The third-order valence-corrected chi connectivity index (χ3v) is 4.53. The first kappa shape index (κ1) is 17.9. The lowest BCUT2D eigenvalue weighted by atomic mass is 10.2. The van der Waals surface area contributed by atoms with Gasteiger partial charge in [0.25, 0.3) is 11.7 Å². The van der Waals surface area contributed by atoms with Gasteiger partial charge in [0.2, 0.25) is 5.91 Å². The van der Waals surface area contributed by atoms with Crippen LogP contribution in [0, 0.1) is 13.8 Å². The van der Waals surface area contributed by atoms with Crippen LogP contribution in [0.2, 0.25) is 0 Å². The van der Waals surface area contributed by atoms with E-state index in [0.29, 0.717) is 22.2 Å². The van der Waals surface area contributed by atoms with Crippen LogP contribution in [-0.4, -0.2) is 44.3 Å². The van der Waals surface area contributed by atoms with E-state index in [1.165, 1.54) is 18.9 Å². The molecule has 26 heavy (non-hydrogen) atoms. The van der Waals surface area contributed by atoms with Gasteiger partial charge in [0, 0.05) is 11.4 Å². The summed E-state index contributed by atoms with van der Waals surface area (Å²) in [5.74, 6) is -0.0240. The molecule has 0 aliphatic heterocycles. The second-order valence-corrected chi connectivity index (χ2v) is 6.47. The Morgan fingerprint density at radius 2 is 2.00 bits per heavy atom. The Kier molecular flexibility index (Phi) is 5.17. The fourth-order valence-corrected chi connectivity index (χ4v) is 3.27. The summed E-state index contributed by atoms with van der Waals surface area (Å²) < 4.78 is 6.90. The van der Waals surface area contributed by atoms with E-state index in [2.05, 4.69) is 20.5 Å². The number of carbonyl (C=O) groups is 2. The van der Waals surface area contributed by atoms with Gasteiger partial charge in [-0.05, 0) is 32.0 Å². The maximum absolute atomic E-state index is 12.2. The summed E-state index contributed by atoms with van der Waals surface area (Å²) in [5, 5.41) is 11.0. The molecular weight excluding hydrogens is 354 g/mol. The Morgan fingerprint density at radius 1 is 1.23 bits per heavy atom. The minimum absolute atomic E-state index is 0.0228. The maximum atomic E-state index is 12.2. The molecule has 1 N–H and O–H groups in total. The summed E-state index contributed by atoms with van der Waals surface area (Å²) in [6, 6.07) is 8.62. The highest BCUT2D eigenvalue weighted by Gasteiger charge is 2.16. The summed E-state index contributed by atoms with van der Waals surface area (Å²) in [7, 11) is 1.47. The van der Waals surface area contributed by atoms with Crippen LogP contribution in [0.4, 0.5) is 0 Å². The van der Waals surface area contributed by atoms with Crippen LogP contribution in [0.25, 0.3) is 5.78 Å². The molecule has 0 atom stereocenters. The molecule has 2 aromatic heterocycles. The first-order valence-electron chi connectivity index (χ1n) is 7.79. The summed E-state index contributed by atoms with van der Waals surface area (Å²) in [6.07, 6.45) is 0. The van der Waals surface area contributed by atoms with Crippen molar-refractivity contribution in [3.8, 4) is 5.75 Å². The van der Waals surface area contributed by atoms with E-state index in [-0.39, 0.29) is 5.75 Å². The number of methoxy groups -OCH3 is 1. The molecule has 9 heteroatoms. The van der Waals surface area contributed by atoms with Gasteiger partial charge in [-0.3, -0.25) is 19.3 Å². The van der Waals surface area contributed by atoms with Gasteiger partial charge in [-0.2, -0.15) is 0 Å². The summed E-state index contributed by atoms with van der Waals surface area (Å²) in [5.41, 5.74) is 2.07. The number of benzene rings is 1. The molecule has 3 rings (SSSR count). The molecule has 2 heterocycles. The van der Waals surface area contributed by atoms with Gasteiger partial charge in [-0.15, -0.1) is 10.2 Å². The molecule has 0 aliphatic rings. The van der Waals surface area contributed by atoms with Crippen LogP contribution >= 0.6 is 11.8 Å². The van der Waals surface area contributed by atoms with Gasteiger partial charge >= 0.3 is 0 Å². The fourth-order valence-electron chi connectivity index (χ4n) is 2.49. The number of aromatic nitrogens is 4. The SMILES string of the molecule is COc1ccccc1C(=O)NC(=O)CSc1nnc2nc(C)cc(C)n12. The zero-order chi connectivity index (χ0) is 18.7. The number of imide groups is 1. The van der Waals surface area contributed by atoms with E-state index < -0.39 is 11.8 Å². The fraction of sp³-hybridized carbons (Fsp3) is 0.235. The molecule has 0 unspecified atom stereocenters. The highest BCUT2D eigenvalue weighted by molar-refractivity contribution is 7.99. The Morgan fingerprint density at radius 3 is 2.77 bits per heavy atom. The molecule has 0 fully saturated rings. The van der Waals surface area contributed by atoms with E-state index in [1.54, 1.807) is 28.7 Å². The monoisotopic (exact) mass is 371 g/mol. The highest BCUT2D eigenvalue weighted by atomic mass is 32.2. The highest BCUT2D eigenvalue weighted by Crippen LogP contribution is 2.19. The number of fused-ring (bicyclic) bond motifs is 1. The van der Waals surface area contributed by atoms with E-state index >= 15 is 0 Å². The molecule has 0 bridgehead atoms. The predicted molar refractivity (Wildman–Crippen MR) is 96.4 cm³/mol. The molecule has 0 saturated carbocycles. The lowest BCUT2D eigenvalue weighted by Crippen LogP contribution is -2.32. The normalized spacial score (nSPS) is 10.7. The van der Waals surface area contributed by atoms with E-state index in [9.17, 15) is 9.59 Å². The Labute approximate surface area is 154 Å². The summed E-state index contributed by atoms with van der Waals surface area (Å²) in [4.78, 5) is 28.7. The number of hydrogen-bond acceptors (Lipinski definition) is 7. The second-order valence-electron chi connectivity index (χ2n) is 5.52. The van der Waals surface area contributed by atoms with Crippen molar-refractivity contribution in [2.75, 3.05) is 12.9 Å². The quantitative estimate of drug-likeness (QED) is 0.683. The standard InChI is InChI=1S/C17H17N5O3S/c1-10-8-11(2)22-16(18-10)20-21-17(22)26-9-14(23)19-15(24)12-6-4-5-7-13(12)25-3/h4-8H,9H2,1-3H3,(H,19,23,24).